The van der Waals surface area contributed by atoms with Crippen LogP contribution in [0, 0.1) is 0 Å². The Morgan fingerprint density at radius 3 is 2.53 bits per heavy atom. The van der Waals surface area contributed by atoms with E-state index < -0.39 is 11.1 Å². The molecule has 1 aliphatic heterocycles. The smallest absolute Gasteiger partial charge is 0.240 e. The van der Waals surface area contributed by atoms with Crippen LogP contribution >= 0.6 is 0 Å². The van der Waals surface area contributed by atoms with E-state index in [9.17, 15) is 9.90 Å². The molecule has 1 aliphatic rings. The van der Waals surface area contributed by atoms with Crippen LogP contribution in [0.2, 0.25) is 0 Å². The second-order valence-electron chi connectivity index (χ2n) is 5.33. The molecule has 100 valence electrons. The van der Waals surface area contributed by atoms with Crippen molar-refractivity contribution in [3.63, 3.8) is 0 Å². The van der Waals surface area contributed by atoms with Gasteiger partial charge < -0.3 is 15.7 Å². The lowest BCUT2D eigenvalue weighted by molar-refractivity contribution is -0.129. The van der Waals surface area contributed by atoms with E-state index in [1.54, 1.807) is 0 Å². The van der Waals surface area contributed by atoms with Crippen molar-refractivity contribution in [2.75, 3.05) is 13.1 Å². The number of piperidine rings is 1. The zero-order valence-electron chi connectivity index (χ0n) is 11.3. The third-order valence-electron chi connectivity index (χ3n) is 4.01. The fourth-order valence-electron chi connectivity index (χ4n) is 2.19. The molecular formula is C13H26N2O2. The van der Waals surface area contributed by atoms with Crippen LogP contribution in [-0.2, 0) is 4.79 Å². The molecule has 1 unspecified atom stereocenters. The van der Waals surface area contributed by atoms with E-state index in [-0.39, 0.29) is 5.91 Å². The molecule has 0 aromatic heterocycles. The van der Waals surface area contributed by atoms with Crippen molar-refractivity contribution < 1.29 is 9.90 Å². The lowest BCUT2D eigenvalue weighted by atomic mass is 9.89. The van der Waals surface area contributed by atoms with E-state index in [0.29, 0.717) is 19.4 Å². The molecule has 0 saturated carbocycles. The van der Waals surface area contributed by atoms with Crippen molar-refractivity contribution in [2.45, 2.75) is 64.0 Å². The molecule has 17 heavy (non-hydrogen) atoms. The molecule has 1 heterocycles. The van der Waals surface area contributed by atoms with Gasteiger partial charge in [-0.25, -0.2) is 0 Å². The summed E-state index contributed by atoms with van der Waals surface area (Å²) in [6.07, 6.45) is 4.41. The molecule has 4 nitrogen and oxygen atoms in total. The van der Waals surface area contributed by atoms with Crippen molar-refractivity contribution in [1.82, 2.24) is 10.6 Å². The van der Waals surface area contributed by atoms with Crippen molar-refractivity contribution in [3.05, 3.63) is 0 Å². The summed E-state index contributed by atoms with van der Waals surface area (Å²) in [6.45, 7) is 7.07. The summed E-state index contributed by atoms with van der Waals surface area (Å²) in [6, 6.07) is 0. The fourth-order valence-corrected chi connectivity index (χ4v) is 2.19. The van der Waals surface area contributed by atoms with Gasteiger partial charge in [0.2, 0.25) is 5.91 Å². The Bertz CT molecular complexity index is 256. The highest BCUT2D eigenvalue weighted by molar-refractivity contribution is 5.86. The summed E-state index contributed by atoms with van der Waals surface area (Å²) < 4.78 is 0. The lowest BCUT2D eigenvalue weighted by Gasteiger charge is -2.35. The highest BCUT2D eigenvalue weighted by Crippen LogP contribution is 2.19. The maximum atomic E-state index is 12.1. The summed E-state index contributed by atoms with van der Waals surface area (Å²) in [4.78, 5) is 12.1. The number of hydrogen-bond donors (Lipinski definition) is 3. The van der Waals surface area contributed by atoms with Crippen LogP contribution in [0.1, 0.15) is 52.9 Å². The molecule has 0 bridgehead atoms. The first-order valence-corrected chi connectivity index (χ1v) is 6.71. The minimum atomic E-state index is -0.763. The SMILES string of the molecule is CCC(O)(CC)CNC(=O)C1(C)CCCCN1. The minimum Gasteiger partial charge on any atom is -0.388 e. The van der Waals surface area contributed by atoms with Crippen LogP contribution in [0.3, 0.4) is 0 Å². The highest BCUT2D eigenvalue weighted by Gasteiger charge is 2.35. The molecule has 1 amide bonds. The van der Waals surface area contributed by atoms with E-state index in [1.165, 1.54) is 0 Å². The van der Waals surface area contributed by atoms with Gasteiger partial charge in [-0.15, -0.1) is 0 Å². The van der Waals surface area contributed by atoms with E-state index in [2.05, 4.69) is 10.6 Å². The molecule has 1 saturated heterocycles. The van der Waals surface area contributed by atoms with Gasteiger partial charge in [0.15, 0.2) is 0 Å². The largest absolute Gasteiger partial charge is 0.388 e. The summed E-state index contributed by atoms with van der Waals surface area (Å²) in [7, 11) is 0. The number of amides is 1. The maximum absolute atomic E-state index is 12.1. The van der Waals surface area contributed by atoms with Crippen LogP contribution in [0.5, 0.6) is 0 Å². The van der Waals surface area contributed by atoms with E-state index in [0.717, 1.165) is 25.8 Å². The number of carbonyl (C=O) groups excluding carboxylic acids is 1. The fraction of sp³-hybridized carbons (Fsp3) is 0.923. The second-order valence-corrected chi connectivity index (χ2v) is 5.33. The monoisotopic (exact) mass is 242 g/mol. The van der Waals surface area contributed by atoms with Gasteiger partial charge in [-0.05, 0) is 45.6 Å². The van der Waals surface area contributed by atoms with Crippen molar-refractivity contribution in [1.29, 1.82) is 0 Å². The number of rotatable bonds is 5. The summed E-state index contributed by atoms with van der Waals surface area (Å²) in [5.74, 6) is 0.0116. The van der Waals surface area contributed by atoms with E-state index >= 15 is 0 Å². The molecule has 1 fully saturated rings. The third-order valence-corrected chi connectivity index (χ3v) is 4.01. The standard InChI is InChI=1S/C13H26N2O2/c1-4-13(17,5-2)10-14-11(16)12(3)8-6-7-9-15-12/h15,17H,4-10H2,1-3H3,(H,14,16). The third kappa shape index (κ3) is 3.68. The van der Waals surface area contributed by atoms with Crippen molar-refractivity contribution in [3.8, 4) is 0 Å². The molecule has 0 spiro atoms. The molecule has 0 aromatic rings. The van der Waals surface area contributed by atoms with Crippen LogP contribution in [-0.4, -0.2) is 35.2 Å². The number of hydrogen-bond acceptors (Lipinski definition) is 3. The Kier molecular flexibility index (Phi) is 4.95. The van der Waals surface area contributed by atoms with Gasteiger partial charge in [0, 0.05) is 6.54 Å². The second kappa shape index (κ2) is 5.83. The van der Waals surface area contributed by atoms with Crippen LogP contribution in [0.15, 0.2) is 0 Å². The molecular weight excluding hydrogens is 216 g/mol. The first-order valence-electron chi connectivity index (χ1n) is 6.71. The van der Waals surface area contributed by atoms with Crippen LogP contribution in [0.25, 0.3) is 0 Å². The summed E-state index contributed by atoms with van der Waals surface area (Å²) >= 11 is 0. The van der Waals surface area contributed by atoms with Crippen molar-refractivity contribution in [2.24, 2.45) is 0 Å². The minimum absolute atomic E-state index is 0.0116. The summed E-state index contributed by atoms with van der Waals surface area (Å²) in [5, 5.41) is 16.3. The van der Waals surface area contributed by atoms with Gasteiger partial charge in [0.25, 0.3) is 0 Å². The molecule has 1 rings (SSSR count). The Labute approximate surface area is 104 Å². The van der Waals surface area contributed by atoms with Gasteiger partial charge in [-0.1, -0.05) is 13.8 Å². The zero-order valence-corrected chi connectivity index (χ0v) is 11.3. The van der Waals surface area contributed by atoms with Crippen molar-refractivity contribution >= 4 is 5.91 Å². The van der Waals surface area contributed by atoms with Crippen LogP contribution < -0.4 is 10.6 Å². The van der Waals surface area contributed by atoms with Gasteiger partial charge in [0.05, 0.1) is 11.1 Å². The average Bonchev–Trinajstić information content (AvgIpc) is 2.36. The molecule has 0 aromatic carbocycles. The number of carbonyl (C=O) groups is 1. The Morgan fingerprint density at radius 2 is 2.06 bits per heavy atom. The topological polar surface area (TPSA) is 61.4 Å². The number of aliphatic hydroxyl groups is 1. The predicted molar refractivity (Wildman–Crippen MR) is 68.8 cm³/mol. The Balaban J connectivity index is 2.48. The molecule has 4 heteroatoms. The quantitative estimate of drug-likeness (QED) is 0.678. The first kappa shape index (κ1) is 14.5. The molecule has 3 N–H and O–H groups in total. The van der Waals surface area contributed by atoms with Gasteiger partial charge in [0.1, 0.15) is 0 Å². The van der Waals surface area contributed by atoms with Gasteiger partial charge in [-0.2, -0.15) is 0 Å². The highest BCUT2D eigenvalue weighted by atomic mass is 16.3. The van der Waals surface area contributed by atoms with E-state index in [1.807, 2.05) is 20.8 Å². The normalized spacial score (nSPS) is 25.6. The molecule has 0 radical (unpaired) electrons. The van der Waals surface area contributed by atoms with Crippen LogP contribution in [0.4, 0.5) is 0 Å². The maximum Gasteiger partial charge on any atom is 0.240 e. The van der Waals surface area contributed by atoms with Gasteiger partial charge >= 0.3 is 0 Å². The Hall–Kier alpha value is -0.610. The number of nitrogens with one attached hydrogen (secondary N) is 2. The summed E-state index contributed by atoms with van der Waals surface area (Å²) in [5.41, 5.74) is -1.22. The zero-order chi connectivity index (χ0) is 12.9. The van der Waals surface area contributed by atoms with E-state index in [4.69, 9.17) is 0 Å². The first-order chi connectivity index (χ1) is 7.96. The Morgan fingerprint density at radius 1 is 1.41 bits per heavy atom. The molecule has 0 aliphatic carbocycles. The van der Waals surface area contributed by atoms with Gasteiger partial charge in [-0.3, -0.25) is 4.79 Å². The average molecular weight is 242 g/mol. The predicted octanol–water partition coefficient (Wildman–Crippen LogP) is 1.19. The lowest BCUT2D eigenvalue weighted by Crippen LogP contribution is -2.58. The molecule has 1 atom stereocenters.